The number of nitrogens with one attached hydrogen (secondary N) is 1. The maximum Gasteiger partial charge on any atom is 0.326 e. The van der Waals surface area contributed by atoms with E-state index in [-0.39, 0.29) is 6.54 Å². The van der Waals surface area contributed by atoms with Crippen LogP contribution < -0.4 is 14.8 Å². The molecule has 1 amide bonds. The predicted molar refractivity (Wildman–Crippen MR) is 112 cm³/mol. The second kappa shape index (κ2) is 8.29. The highest BCUT2D eigenvalue weighted by atomic mass is 16.5. The van der Waals surface area contributed by atoms with Gasteiger partial charge in [0.2, 0.25) is 0 Å². The number of methoxy groups -OCH3 is 2. The van der Waals surface area contributed by atoms with Crippen molar-refractivity contribution in [2.24, 2.45) is 0 Å². The molecule has 6 nitrogen and oxygen atoms in total. The minimum Gasteiger partial charge on any atom is -0.497 e. The Hall–Kier alpha value is -3.80. The number of esters is 1. The van der Waals surface area contributed by atoms with Crippen LogP contribution in [0.25, 0.3) is 11.1 Å². The second-order valence-electron chi connectivity index (χ2n) is 6.83. The monoisotopic (exact) mass is 403 g/mol. The van der Waals surface area contributed by atoms with E-state index in [0.29, 0.717) is 17.1 Å². The fourth-order valence-corrected chi connectivity index (χ4v) is 3.60. The van der Waals surface area contributed by atoms with Crippen molar-refractivity contribution in [2.75, 3.05) is 20.8 Å². The van der Waals surface area contributed by atoms with E-state index in [1.807, 2.05) is 48.5 Å². The van der Waals surface area contributed by atoms with Crippen LogP contribution in [0, 0.1) is 0 Å². The Morgan fingerprint density at radius 1 is 0.833 bits per heavy atom. The maximum atomic E-state index is 12.5. The Labute approximate surface area is 174 Å². The van der Waals surface area contributed by atoms with Gasteiger partial charge in [-0.15, -0.1) is 0 Å². The van der Waals surface area contributed by atoms with Gasteiger partial charge in [-0.3, -0.25) is 9.59 Å². The van der Waals surface area contributed by atoms with Crippen LogP contribution in [0.3, 0.4) is 0 Å². The number of hydrogen-bond donors (Lipinski definition) is 1. The molecule has 1 aliphatic rings. The second-order valence-corrected chi connectivity index (χ2v) is 6.83. The molecule has 0 fully saturated rings. The van der Waals surface area contributed by atoms with Crippen LogP contribution in [0.1, 0.15) is 27.6 Å². The van der Waals surface area contributed by atoms with Crippen molar-refractivity contribution in [3.63, 3.8) is 0 Å². The van der Waals surface area contributed by atoms with Crippen molar-refractivity contribution in [3.8, 4) is 22.6 Å². The Morgan fingerprint density at radius 2 is 1.37 bits per heavy atom. The third-order valence-corrected chi connectivity index (χ3v) is 5.03. The fourth-order valence-electron chi connectivity index (χ4n) is 3.60. The van der Waals surface area contributed by atoms with E-state index in [9.17, 15) is 9.59 Å². The van der Waals surface area contributed by atoms with Crippen molar-refractivity contribution >= 4 is 11.9 Å². The fraction of sp³-hybridized carbons (Fsp3) is 0.167. The molecule has 4 rings (SSSR count). The van der Waals surface area contributed by atoms with Gasteiger partial charge >= 0.3 is 5.97 Å². The van der Waals surface area contributed by atoms with Crippen LogP contribution in [0.15, 0.2) is 66.7 Å². The number of carbonyl (C=O) groups is 2. The lowest BCUT2D eigenvalue weighted by molar-refractivity contribution is -0.146. The van der Waals surface area contributed by atoms with E-state index >= 15 is 0 Å². The summed E-state index contributed by atoms with van der Waals surface area (Å²) in [6.07, 6.45) is -0.487. The van der Waals surface area contributed by atoms with Gasteiger partial charge in [0, 0.05) is 22.8 Å². The van der Waals surface area contributed by atoms with E-state index in [1.165, 1.54) is 14.2 Å². The smallest absolute Gasteiger partial charge is 0.326 e. The first-order valence-corrected chi connectivity index (χ1v) is 9.49. The maximum absolute atomic E-state index is 12.5. The molecule has 30 heavy (non-hydrogen) atoms. The standard InChI is InChI=1S/C24H21NO5/c1-28-16-11-15(12-17(13-16)29-2)24(27)25-14-22(26)30-23-20-9-5-3-7-18(20)19-8-4-6-10-21(19)23/h3-13,23H,14H2,1-2H3,(H,25,27). The summed E-state index contributed by atoms with van der Waals surface area (Å²) in [6.45, 7) is -0.251. The van der Waals surface area contributed by atoms with Gasteiger partial charge in [0.1, 0.15) is 18.0 Å². The Balaban J connectivity index is 1.45. The lowest BCUT2D eigenvalue weighted by atomic mass is 10.1. The normalized spacial score (nSPS) is 11.9. The van der Waals surface area contributed by atoms with E-state index in [4.69, 9.17) is 14.2 Å². The van der Waals surface area contributed by atoms with Gasteiger partial charge in [-0.1, -0.05) is 48.5 Å². The zero-order valence-corrected chi connectivity index (χ0v) is 16.7. The zero-order chi connectivity index (χ0) is 21.1. The highest BCUT2D eigenvalue weighted by Gasteiger charge is 2.31. The first kappa shape index (κ1) is 19.5. The number of ether oxygens (including phenoxy) is 3. The molecule has 0 saturated carbocycles. The molecule has 1 aliphatic carbocycles. The van der Waals surface area contributed by atoms with Crippen molar-refractivity contribution in [2.45, 2.75) is 6.10 Å². The molecule has 0 bridgehead atoms. The Kier molecular flexibility index (Phi) is 5.39. The van der Waals surface area contributed by atoms with Gasteiger partial charge in [-0.05, 0) is 23.3 Å². The average molecular weight is 403 g/mol. The number of carbonyl (C=O) groups excluding carboxylic acids is 2. The molecule has 3 aromatic rings. The highest BCUT2D eigenvalue weighted by Crippen LogP contribution is 2.44. The van der Waals surface area contributed by atoms with Crippen molar-refractivity contribution in [1.82, 2.24) is 5.32 Å². The van der Waals surface area contributed by atoms with Gasteiger partial charge in [-0.2, -0.15) is 0 Å². The summed E-state index contributed by atoms with van der Waals surface area (Å²) in [5.41, 5.74) is 4.32. The Morgan fingerprint density at radius 3 is 1.90 bits per heavy atom. The van der Waals surface area contributed by atoms with Crippen LogP contribution in [0.2, 0.25) is 0 Å². The van der Waals surface area contributed by atoms with Gasteiger partial charge < -0.3 is 19.5 Å². The molecule has 3 aromatic carbocycles. The van der Waals surface area contributed by atoms with Gasteiger partial charge in [-0.25, -0.2) is 0 Å². The average Bonchev–Trinajstić information content (AvgIpc) is 3.11. The molecule has 0 saturated heterocycles. The van der Waals surface area contributed by atoms with E-state index in [1.54, 1.807) is 18.2 Å². The Bertz CT molecular complexity index is 1040. The summed E-state index contributed by atoms with van der Waals surface area (Å²) in [5, 5.41) is 2.60. The van der Waals surface area contributed by atoms with Gasteiger partial charge in [0.25, 0.3) is 5.91 Å². The van der Waals surface area contributed by atoms with Crippen LogP contribution in [-0.2, 0) is 9.53 Å². The van der Waals surface area contributed by atoms with Crippen LogP contribution in [0.5, 0.6) is 11.5 Å². The number of fused-ring (bicyclic) bond motifs is 3. The first-order chi connectivity index (χ1) is 14.6. The molecule has 0 atom stereocenters. The highest BCUT2D eigenvalue weighted by molar-refractivity contribution is 5.96. The molecule has 0 radical (unpaired) electrons. The predicted octanol–water partition coefficient (Wildman–Crippen LogP) is 3.75. The third-order valence-electron chi connectivity index (χ3n) is 5.03. The number of hydrogen-bond acceptors (Lipinski definition) is 5. The number of benzene rings is 3. The van der Waals surface area contributed by atoms with E-state index in [2.05, 4.69) is 5.32 Å². The molecule has 6 heteroatoms. The molecule has 0 unspecified atom stereocenters. The third kappa shape index (κ3) is 3.72. The van der Waals surface area contributed by atoms with Crippen molar-refractivity contribution in [3.05, 3.63) is 83.4 Å². The minimum absolute atomic E-state index is 0.251. The van der Waals surface area contributed by atoms with Crippen LogP contribution >= 0.6 is 0 Å². The molecule has 1 N–H and O–H groups in total. The quantitative estimate of drug-likeness (QED) is 0.635. The molecular formula is C24H21NO5. The summed E-state index contributed by atoms with van der Waals surface area (Å²) in [5.74, 6) is 0.0357. The molecular weight excluding hydrogens is 382 g/mol. The lowest BCUT2D eigenvalue weighted by Gasteiger charge is -2.15. The van der Waals surface area contributed by atoms with Crippen molar-refractivity contribution < 1.29 is 23.8 Å². The molecule has 0 aliphatic heterocycles. The lowest BCUT2D eigenvalue weighted by Crippen LogP contribution is -2.31. The molecule has 0 heterocycles. The molecule has 0 spiro atoms. The van der Waals surface area contributed by atoms with Crippen LogP contribution in [-0.4, -0.2) is 32.6 Å². The number of amides is 1. The van der Waals surface area contributed by atoms with Gasteiger partial charge in [0.15, 0.2) is 6.10 Å². The number of rotatable bonds is 6. The van der Waals surface area contributed by atoms with Crippen LogP contribution in [0.4, 0.5) is 0 Å². The molecule has 0 aromatic heterocycles. The van der Waals surface area contributed by atoms with Gasteiger partial charge in [0.05, 0.1) is 14.2 Å². The summed E-state index contributed by atoms with van der Waals surface area (Å²) in [6, 6.07) is 20.5. The minimum atomic E-state index is -0.519. The zero-order valence-electron chi connectivity index (χ0n) is 16.7. The summed E-state index contributed by atoms with van der Waals surface area (Å²) in [7, 11) is 3.01. The topological polar surface area (TPSA) is 73.9 Å². The van der Waals surface area contributed by atoms with E-state index < -0.39 is 18.0 Å². The van der Waals surface area contributed by atoms with Crippen molar-refractivity contribution in [1.29, 1.82) is 0 Å². The summed E-state index contributed by atoms with van der Waals surface area (Å²) < 4.78 is 16.1. The SMILES string of the molecule is COc1cc(OC)cc(C(=O)NCC(=O)OC2c3ccccc3-c3ccccc32)c1. The summed E-state index contributed by atoms with van der Waals surface area (Å²) >= 11 is 0. The summed E-state index contributed by atoms with van der Waals surface area (Å²) in [4.78, 5) is 25.0. The first-order valence-electron chi connectivity index (χ1n) is 9.49. The van der Waals surface area contributed by atoms with E-state index in [0.717, 1.165) is 22.3 Å². The largest absolute Gasteiger partial charge is 0.497 e. The molecule has 152 valence electrons.